The molecule has 0 spiro atoms. The summed E-state index contributed by atoms with van der Waals surface area (Å²) < 4.78 is 55.8. The van der Waals surface area contributed by atoms with Crippen LogP contribution in [-0.2, 0) is 0 Å². The fraction of sp³-hybridized carbons (Fsp3) is 0.150. The molecule has 0 fully saturated rings. The van der Waals surface area contributed by atoms with Crippen molar-refractivity contribution in [1.29, 1.82) is 0 Å². The molecule has 1 unspecified atom stereocenters. The fourth-order valence-electron chi connectivity index (χ4n) is 2.25. The Labute approximate surface area is 154 Å². The molecule has 1 atom stereocenters. The highest BCUT2D eigenvalue weighted by Gasteiger charge is 2.08. The minimum Gasteiger partial charge on any atom is -0.487 e. The maximum absolute atomic E-state index is 13.2. The van der Waals surface area contributed by atoms with Crippen LogP contribution in [0.1, 0.15) is 6.92 Å². The van der Waals surface area contributed by atoms with E-state index in [0.29, 0.717) is 11.5 Å². The Hall–Kier alpha value is -3.22. The number of hydrogen-bond acceptors (Lipinski definition) is 4. The molecule has 3 rings (SSSR count). The minimum absolute atomic E-state index is 0.0607. The molecule has 140 valence electrons. The van der Waals surface area contributed by atoms with Crippen molar-refractivity contribution in [2.45, 2.75) is 13.0 Å². The predicted molar refractivity (Wildman–Crippen MR) is 92.7 cm³/mol. The Morgan fingerprint density at radius 2 is 1.52 bits per heavy atom. The first-order valence-electron chi connectivity index (χ1n) is 8.14. The highest BCUT2D eigenvalue weighted by Crippen LogP contribution is 2.25. The van der Waals surface area contributed by atoms with Gasteiger partial charge in [0.25, 0.3) is 0 Å². The zero-order chi connectivity index (χ0) is 19.2. The van der Waals surface area contributed by atoms with E-state index in [9.17, 15) is 13.2 Å². The number of hydrogen-bond donors (Lipinski definition) is 0. The second-order valence-corrected chi connectivity index (χ2v) is 5.72. The highest BCUT2D eigenvalue weighted by molar-refractivity contribution is 5.35. The summed E-state index contributed by atoms with van der Waals surface area (Å²) in [6, 6.07) is 13.8. The van der Waals surface area contributed by atoms with Gasteiger partial charge in [0.2, 0.25) is 11.8 Å². The average Bonchev–Trinajstić information content (AvgIpc) is 2.61. The number of nitrogens with zero attached hydrogens (tertiary/aromatic N) is 1. The largest absolute Gasteiger partial charge is 0.487 e. The van der Waals surface area contributed by atoms with Crippen LogP contribution in [-0.4, -0.2) is 17.7 Å². The van der Waals surface area contributed by atoms with Crippen LogP contribution in [0.15, 0.2) is 60.7 Å². The van der Waals surface area contributed by atoms with E-state index in [-0.39, 0.29) is 24.3 Å². The van der Waals surface area contributed by atoms with E-state index in [0.717, 1.165) is 18.2 Å². The molecule has 4 nitrogen and oxygen atoms in total. The lowest BCUT2D eigenvalue weighted by Crippen LogP contribution is -2.21. The maximum Gasteiger partial charge on any atom is 0.216 e. The van der Waals surface area contributed by atoms with Crippen LogP contribution in [0.25, 0.3) is 0 Å². The van der Waals surface area contributed by atoms with Crippen LogP contribution in [0.4, 0.5) is 13.2 Å². The first-order chi connectivity index (χ1) is 13.0. The maximum atomic E-state index is 13.2. The molecule has 7 heteroatoms. The standard InChI is InChI=1S/C20H16F3NO3/c1-13(12-25-20-4-2-3-19(23)24-20)26-16-5-7-17(8-6-16)27-18-10-14(21)9-15(22)11-18/h2-11,13H,12H2,1H3. The van der Waals surface area contributed by atoms with Crippen molar-refractivity contribution < 1.29 is 27.4 Å². The second kappa shape index (κ2) is 8.44. The average molecular weight is 375 g/mol. The van der Waals surface area contributed by atoms with Gasteiger partial charge < -0.3 is 14.2 Å². The molecule has 1 heterocycles. The third-order valence-electron chi connectivity index (χ3n) is 3.39. The smallest absolute Gasteiger partial charge is 0.216 e. The summed E-state index contributed by atoms with van der Waals surface area (Å²) in [5.41, 5.74) is 0. The summed E-state index contributed by atoms with van der Waals surface area (Å²) in [7, 11) is 0. The molecule has 0 radical (unpaired) electrons. The zero-order valence-corrected chi connectivity index (χ0v) is 14.4. The molecule has 0 bridgehead atoms. The highest BCUT2D eigenvalue weighted by atomic mass is 19.1. The van der Waals surface area contributed by atoms with Gasteiger partial charge in [-0.05, 0) is 37.3 Å². The van der Waals surface area contributed by atoms with Crippen molar-refractivity contribution >= 4 is 0 Å². The molecule has 2 aromatic carbocycles. The van der Waals surface area contributed by atoms with E-state index >= 15 is 0 Å². The normalized spacial score (nSPS) is 11.7. The van der Waals surface area contributed by atoms with Crippen LogP contribution >= 0.6 is 0 Å². The van der Waals surface area contributed by atoms with Crippen molar-refractivity contribution in [2.24, 2.45) is 0 Å². The number of pyridine rings is 1. The molecule has 27 heavy (non-hydrogen) atoms. The van der Waals surface area contributed by atoms with Crippen LogP contribution in [0.5, 0.6) is 23.1 Å². The van der Waals surface area contributed by atoms with Gasteiger partial charge in [-0.15, -0.1) is 0 Å². The monoisotopic (exact) mass is 375 g/mol. The molecule has 0 N–H and O–H groups in total. The van der Waals surface area contributed by atoms with Gasteiger partial charge in [0.1, 0.15) is 41.6 Å². The van der Waals surface area contributed by atoms with E-state index in [2.05, 4.69) is 4.98 Å². The Bertz CT molecular complexity index is 883. The first kappa shape index (κ1) is 18.6. The van der Waals surface area contributed by atoms with Crippen LogP contribution in [0.2, 0.25) is 0 Å². The van der Waals surface area contributed by atoms with Gasteiger partial charge in [0.15, 0.2) is 0 Å². The third kappa shape index (κ3) is 5.64. The van der Waals surface area contributed by atoms with Gasteiger partial charge in [-0.3, -0.25) is 0 Å². The lowest BCUT2D eigenvalue weighted by molar-refractivity contribution is 0.139. The Morgan fingerprint density at radius 1 is 0.852 bits per heavy atom. The van der Waals surface area contributed by atoms with Crippen molar-refractivity contribution in [2.75, 3.05) is 6.61 Å². The number of aromatic nitrogens is 1. The van der Waals surface area contributed by atoms with Gasteiger partial charge in [0, 0.05) is 24.3 Å². The lowest BCUT2D eigenvalue weighted by Gasteiger charge is -2.15. The predicted octanol–water partition coefficient (Wildman–Crippen LogP) is 5.14. The molecule has 0 aliphatic rings. The van der Waals surface area contributed by atoms with Gasteiger partial charge >= 0.3 is 0 Å². The van der Waals surface area contributed by atoms with E-state index in [1.54, 1.807) is 37.3 Å². The lowest BCUT2D eigenvalue weighted by atomic mass is 10.3. The van der Waals surface area contributed by atoms with Crippen molar-refractivity contribution in [3.8, 4) is 23.1 Å². The molecule has 0 amide bonds. The molecular formula is C20H16F3NO3. The molecule has 0 aliphatic carbocycles. The van der Waals surface area contributed by atoms with Crippen molar-refractivity contribution in [3.05, 3.63) is 78.2 Å². The SMILES string of the molecule is CC(COc1cccc(F)n1)Oc1ccc(Oc2cc(F)cc(F)c2)cc1. The summed E-state index contributed by atoms with van der Waals surface area (Å²) in [5.74, 6) is -0.855. The van der Waals surface area contributed by atoms with E-state index < -0.39 is 17.6 Å². The van der Waals surface area contributed by atoms with Crippen LogP contribution in [0, 0.1) is 17.6 Å². The minimum atomic E-state index is -0.716. The van der Waals surface area contributed by atoms with Gasteiger partial charge in [-0.25, -0.2) is 8.78 Å². The zero-order valence-electron chi connectivity index (χ0n) is 14.4. The Balaban J connectivity index is 1.53. The Kier molecular flexibility index (Phi) is 5.80. The van der Waals surface area contributed by atoms with E-state index in [1.807, 2.05) is 0 Å². The summed E-state index contributed by atoms with van der Waals surface area (Å²) in [5, 5.41) is 0. The second-order valence-electron chi connectivity index (χ2n) is 5.72. The quantitative estimate of drug-likeness (QED) is 0.537. The third-order valence-corrected chi connectivity index (χ3v) is 3.39. The van der Waals surface area contributed by atoms with E-state index in [4.69, 9.17) is 14.2 Å². The summed E-state index contributed by atoms with van der Waals surface area (Å²) >= 11 is 0. The van der Waals surface area contributed by atoms with Crippen molar-refractivity contribution in [3.63, 3.8) is 0 Å². The number of ether oxygens (including phenoxy) is 3. The van der Waals surface area contributed by atoms with Crippen LogP contribution < -0.4 is 14.2 Å². The van der Waals surface area contributed by atoms with Gasteiger partial charge in [-0.1, -0.05) is 6.07 Å². The molecule has 3 aromatic rings. The molecular weight excluding hydrogens is 359 g/mol. The molecule has 0 aliphatic heterocycles. The molecule has 0 saturated carbocycles. The van der Waals surface area contributed by atoms with Gasteiger partial charge in [-0.2, -0.15) is 9.37 Å². The Morgan fingerprint density at radius 3 is 2.19 bits per heavy atom. The summed E-state index contributed by atoms with van der Waals surface area (Å²) in [6.07, 6.45) is -0.320. The fourth-order valence-corrected chi connectivity index (χ4v) is 2.25. The summed E-state index contributed by atoms with van der Waals surface area (Å²) in [6.45, 7) is 1.97. The number of benzene rings is 2. The van der Waals surface area contributed by atoms with Crippen molar-refractivity contribution in [1.82, 2.24) is 4.98 Å². The summed E-state index contributed by atoms with van der Waals surface area (Å²) in [4.78, 5) is 3.60. The molecule has 0 saturated heterocycles. The van der Waals surface area contributed by atoms with Crippen LogP contribution in [0.3, 0.4) is 0 Å². The van der Waals surface area contributed by atoms with Gasteiger partial charge in [0.05, 0.1) is 0 Å². The number of rotatable bonds is 7. The topological polar surface area (TPSA) is 40.6 Å². The first-order valence-corrected chi connectivity index (χ1v) is 8.14. The molecule has 1 aromatic heterocycles. The van der Waals surface area contributed by atoms with E-state index in [1.165, 1.54) is 12.1 Å². The number of halogens is 3.